The second kappa shape index (κ2) is 6.35. The molecule has 0 N–H and O–H groups in total. The summed E-state index contributed by atoms with van der Waals surface area (Å²) in [4.78, 5) is 0. The second-order valence-corrected chi connectivity index (χ2v) is 6.92. The van der Waals surface area contributed by atoms with Crippen LogP contribution in [0.5, 0.6) is 11.5 Å². The van der Waals surface area contributed by atoms with Gasteiger partial charge in [0.25, 0.3) is 0 Å². The van der Waals surface area contributed by atoms with Crippen LogP contribution in [0.1, 0.15) is 0 Å². The third-order valence-electron chi connectivity index (χ3n) is 5.15. The Balaban J connectivity index is 1.24. The van der Waals surface area contributed by atoms with E-state index in [9.17, 15) is 0 Å². The fraction of sp³-hybridized carbons (Fsp3) is 0. The quantitative estimate of drug-likeness (QED) is 0.342. The first-order valence-electron chi connectivity index (χ1n) is 9.43. The van der Waals surface area contributed by atoms with E-state index in [-0.39, 0.29) is 7.69 Å². The zero-order chi connectivity index (χ0) is 19.2. The Hall–Kier alpha value is -3.86. The van der Waals surface area contributed by atoms with E-state index < -0.39 is 0 Å². The molecule has 0 fully saturated rings. The van der Waals surface area contributed by atoms with E-state index in [0.717, 1.165) is 55.4 Å². The molecule has 6 aromatic rings. The van der Waals surface area contributed by atoms with Gasteiger partial charge in [-0.15, -0.1) is 0 Å². The van der Waals surface area contributed by atoms with Gasteiger partial charge in [-0.3, -0.25) is 0 Å². The summed E-state index contributed by atoms with van der Waals surface area (Å²) >= 11 is 0. The average Bonchev–Trinajstić information content (AvgIpc) is 3.31. The predicted molar refractivity (Wildman–Crippen MR) is 116 cm³/mol. The highest BCUT2D eigenvalue weighted by Crippen LogP contribution is 2.32. The zero-order valence-corrected chi connectivity index (χ0v) is 15.4. The molecule has 0 unspecified atom stereocenters. The Morgan fingerprint density at radius 2 is 0.931 bits per heavy atom. The van der Waals surface area contributed by atoms with Crippen molar-refractivity contribution in [3.05, 3.63) is 84.9 Å². The minimum atomic E-state index is 0.114. The molecule has 2 heterocycles. The lowest BCUT2D eigenvalue weighted by Crippen LogP contribution is -2.10. The van der Waals surface area contributed by atoms with Crippen molar-refractivity contribution >= 4 is 51.6 Å². The molecule has 0 radical (unpaired) electrons. The van der Waals surface area contributed by atoms with E-state index in [1.165, 1.54) is 0 Å². The van der Waals surface area contributed by atoms with E-state index in [1.807, 2.05) is 84.9 Å². The standard InChI is InChI=1S/C24H15BO4/c1-3-7-21-17(5-1)19-13-15(9-11-23(19)26-21)28-25-29-16-10-12-24-20(14-16)18-6-2-4-8-22(18)27-24/h1-14,25H. The van der Waals surface area contributed by atoms with Crippen LogP contribution < -0.4 is 9.31 Å². The molecule has 6 rings (SSSR count). The molecule has 0 spiro atoms. The minimum Gasteiger partial charge on any atom is -0.528 e. The van der Waals surface area contributed by atoms with E-state index in [1.54, 1.807) is 0 Å². The van der Waals surface area contributed by atoms with Crippen LogP contribution in [0.4, 0.5) is 0 Å². The van der Waals surface area contributed by atoms with Gasteiger partial charge >= 0.3 is 7.69 Å². The van der Waals surface area contributed by atoms with E-state index in [2.05, 4.69) is 0 Å². The molecular formula is C24H15BO4. The summed E-state index contributed by atoms with van der Waals surface area (Å²) in [5, 5.41) is 4.21. The van der Waals surface area contributed by atoms with Crippen LogP contribution in [0.15, 0.2) is 93.8 Å². The van der Waals surface area contributed by atoms with Gasteiger partial charge in [-0.05, 0) is 48.5 Å². The fourth-order valence-corrected chi connectivity index (χ4v) is 3.76. The first kappa shape index (κ1) is 16.1. The summed E-state index contributed by atoms with van der Waals surface area (Å²) in [6.45, 7) is 0. The molecule has 2 aromatic heterocycles. The molecular weight excluding hydrogens is 363 g/mol. The Bertz CT molecular complexity index is 1380. The lowest BCUT2D eigenvalue weighted by atomic mass is 10.1. The highest BCUT2D eigenvalue weighted by Gasteiger charge is 2.10. The highest BCUT2D eigenvalue weighted by molar-refractivity contribution is 6.21. The molecule has 29 heavy (non-hydrogen) atoms. The van der Waals surface area contributed by atoms with E-state index >= 15 is 0 Å². The van der Waals surface area contributed by atoms with Gasteiger partial charge in [0, 0.05) is 21.5 Å². The second-order valence-electron chi connectivity index (χ2n) is 6.92. The number of para-hydroxylation sites is 2. The molecule has 0 saturated heterocycles. The molecule has 4 nitrogen and oxygen atoms in total. The van der Waals surface area contributed by atoms with Crippen molar-refractivity contribution < 1.29 is 18.1 Å². The van der Waals surface area contributed by atoms with Gasteiger partial charge in [0.15, 0.2) is 0 Å². The van der Waals surface area contributed by atoms with Gasteiger partial charge in [0.2, 0.25) is 0 Å². The van der Waals surface area contributed by atoms with Crippen molar-refractivity contribution in [2.75, 3.05) is 0 Å². The summed E-state index contributed by atoms with van der Waals surface area (Å²) in [6, 6.07) is 27.6. The van der Waals surface area contributed by atoms with Crippen molar-refractivity contribution in [2.24, 2.45) is 0 Å². The molecule has 0 aliphatic heterocycles. The molecule has 0 saturated carbocycles. The monoisotopic (exact) mass is 378 g/mol. The van der Waals surface area contributed by atoms with Gasteiger partial charge in [-0.25, -0.2) is 0 Å². The number of fused-ring (bicyclic) bond motifs is 6. The Labute approximate surface area is 166 Å². The number of hydrogen-bond donors (Lipinski definition) is 0. The van der Waals surface area contributed by atoms with Gasteiger partial charge in [0.05, 0.1) is 0 Å². The Morgan fingerprint density at radius 1 is 0.483 bits per heavy atom. The lowest BCUT2D eigenvalue weighted by molar-refractivity contribution is 0.459. The maximum absolute atomic E-state index is 5.85. The zero-order valence-electron chi connectivity index (χ0n) is 15.4. The summed E-state index contributed by atoms with van der Waals surface area (Å²) in [7, 11) is 0.114. The maximum Gasteiger partial charge on any atom is 0.576 e. The third-order valence-corrected chi connectivity index (χ3v) is 5.15. The van der Waals surface area contributed by atoms with Crippen molar-refractivity contribution in [1.82, 2.24) is 0 Å². The first-order valence-corrected chi connectivity index (χ1v) is 9.43. The van der Waals surface area contributed by atoms with Crippen molar-refractivity contribution in [1.29, 1.82) is 0 Å². The van der Waals surface area contributed by atoms with Gasteiger partial charge < -0.3 is 18.1 Å². The number of furan rings is 2. The number of hydrogen-bond acceptors (Lipinski definition) is 4. The van der Waals surface area contributed by atoms with Gasteiger partial charge in [-0.2, -0.15) is 0 Å². The Kier molecular flexibility index (Phi) is 3.53. The number of rotatable bonds is 4. The van der Waals surface area contributed by atoms with Crippen LogP contribution in [-0.4, -0.2) is 7.69 Å². The molecule has 5 heteroatoms. The molecule has 138 valence electrons. The highest BCUT2D eigenvalue weighted by atomic mass is 16.6. The molecule has 0 bridgehead atoms. The molecule has 0 amide bonds. The van der Waals surface area contributed by atoms with Crippen LogP contribution in [0.2, 0.25) is 0 Å². The summed E-state index contributed by atoms with van der Waals surface area (Å²) < 4.78 is 23.4. The minimum absolute atomic E-state index is 0.114. The number of benzene rings is 4. The molecule has 4 aromatic carbocycles. The molecule has 0 atom stereocenters. The average molecular weight is 378 g/mol. The van der Waals surface area contributed by atoms with Crippen molar-refractivity contribution in [2.45, 2.75) is 0 Å². The Morgan fingerprint density at radius 3 is 1.45 bits per heavy atom. The van der Waals surface area contributed by atoms with Crippen molar-refractivity contribution in [3.8, 4) is 11.5 Å². The largest absolute Gasteiger partial charge is 0.576 e. The SMILES string of the molecule is B(Oc1ccc2oc3ccccc3c2c1)Oc1ccc2oc3ccccc3c2c1. The maximum atomic E-state index is 5.85. The smallest absolute Gasteiger partial charge is 0.528 e. The van der Waals surface area contributed by atoms with Crippen LogP contribution in [0, 0.1) is 0 Å². The summed E-state index contributed by atoms with van der Waals surface area (Å²) in [5.74, 6) is 1.47. The van der Waals surface area contributed by atoms with Gasteiger partial charge in [-0.1, -0.05) is 36.4 Å². The van der Waals surface area contributed by atoms with Crippen LogP contribution in [-0.2, 0) is 0 Å². The van der Waals surface area contributed by atoms with Crippen LogP contribution in [0.3, 0.4) is 0 Å². The van der Waals surface area contributed by atoms with E-state index in [4.69, 9.17) is 18.1 Å². The first-order chi connectivity index (χ1) is 14.3. The summed E-state index contributed by atoms with van der Waals surface area (Å²) in [6.07, 6.45) is 0. The van der Waals surface area contributed by atoms with Gasteiger partial charge in [0.1, 0.15) is 33.8 Å². The van der Waals surface area contributed by atoms with Crippen molar-refractivity contribution in [3.63, 3.8) is 0 Å². The predicted octanol–water partition coefficient (Wildman–Crippen LogP) is 6.21. The van der Waals surface area contributed by atoms with Crippen LogP contribution in [0.25, 0.3) is 43.9 Å². The van der Waals surface area contributed by atoms with Crippen LogP contribution >= 0.6 is 0 Å². The van der Waals surface area contributed by atoms with E-state index in [0.29, 0.717) is 0 Å². The summed E-state index contributed by atoms with van der Waals surface area (Å²) in [5.41, 5.74) is 3.43. The lowest BCUT2D eigenvalue weighted by Gasteiger charge is -2.07. The normalized spacial score (nSPS) is 11.4. The topological polar surface area (TPSA) is 44.7 Å². The third kappa shape index (κ3) is 2.71. The fourth-order valence-electron chi connectivity index (χ4n) is 3.76. The molecule has 0 aliphatic rings. The molecule has 0 aliphatic carbocycles.